The molecule has 1 aliphatic heterocycles. The van der Waals surface area contributed by atoms with Crippen molar-refractivity contribution in [3.8, 4) is 0 Å². The van der Waals surface area contributed by atoms with Crippen molar-refractivity contribution in [1.29, 1.82) is 0 Å². The third kappa shape index (κ3) is 3.03. The van der Waals surface area contributed by atoms with Crippen LogP contribution >= 0.6 is 11.3 Å². The largest absolute Gasteiger partial charge is 0.381 e. The van der Waals surface area contributed by atoms with Gasteiger partial charge in [-0.3, -0.25) is 0 Å². The number of ether oxygens (including phenoxy) is 1. The van der Waals surface area contributed by atoms with E-state index >= 15 is 0 Å². The van der Waals surface area contributed by atoms with Crippen LogP contribution in [0.25, 0.3) is 0 Å². The molecule has 0 spiro atoms. The predicted octanol–water partition coefficient (Wildman–Crippen LogP) is 2.39. The summed E-state index contributed by atoms with van der Waals surface area (Å²) in [7, 11) is 1.97. The number of thiazole rings is 1. The molecular weight excluding hydrogens is 220 g/mol. The fourth-order valence-electron chi connectivity index (χ4n) is 1.96. The standard InChI is InChI=1S/C12H20N2OS/c1-9(13-2)11-8-16-12(14-11)7-10-3-5-15-6-4-10/h8-10,13H,3-7H2,1-2H3. The number of nitrogens with one attached hydrogen (secondary N) is 1. The molecule has 2 rings (SSSR count). The van der Waals surface area contributed by atoms with Gasteiger partial charge in [-0.05, 0) is 32.7 Å². The zero-order valence-corrected chi connectivity index (χ0v) is 10.8. The molecule has 1 unspecified atom stereocenters. The number of aromatic nitrogens is 1. The lowest BCUT2D eigenvalue weighted by Gasteiger charge is -2.20. The molecule has 3 nitrogen and oxygen atoms in total. The van der Waals surface area contributed by atoms with Gasteiger partial charge in [0, 0.05) is 31.1 Å². The van der Waals surface area contributed by atoms with Gasteiger partial charge in [-0.15, -0.1) is 11.3 Å². The molecule has 1 N–H and O–H groups in total. The number of nitrogens with zero attached hydrogens (tertiary/aromatic N) is 1. The molecule has 0 saturated carbocycles. The second-order valence-electron chi connectivity index (χ2n) is 4.44. The van der Waals surface area contributed by atoms with Crippen molar-refractivity contribution < 1.29 is 4.74 Å². The van der Waals surface area contributed by atoms with E-state index in [1.165, 1.54) is 23.5 Å². The Hall–Kier alpha value is -0.450. The van der Waals surface area contributed by atoms with Crippen LogP contribution < -0.4 is 5.32 Å². The van der Waals surface area contributed by atoms with Gasteiger partial charge in [0.2, 0.25) is 0 Å². The van der Waals surface area contributed by atoms with Crippen LogP contribution in [0.5, 0.6) is 0 Å². The van der Waals surface area contributed by atoms with Gasteiger partial charge < -0.3 is 10.1 Å². The third-order valence-electron chi connectivity index (χ3n) is 3.25. The Morgan fingerprint density at radius 2 is 2.31 bits per heavy atom. The highest BCUT2D eigenvalue weighted by Crippen LogP contribution is 2.23. The summed E-state index contributed by atoms with van der Waals surface area (Å²) in [6, 6.07) is 0.361. The Bertz CT molecular complexity index is 321. The topological polar surface area (TPSA) is 34.1 Å². The Balaban J connectivity index is 1.91. The molecule has 90 valence electrons. The van der Waals surface area contributed by atoms with E-state index in [0.29, 0.717) is 6.04 Å². The van der Waals surface area contributed by atoms with E-state index in [-0.39, 0.29) is 0 Å². The summed E-state index contributed by atoms with van der Waals surface area (Å²) in [4.78, 5) is 4.69. The summed E-state index contributed by atoms with van der Waals surface area (Å²) in [5, 5.41) is 6.68. The maximum atomic E-state index is 5.37. The van der Waals surface area contributed by atoms with Crippen LogP contribution in [0.15, 0.2) is 5.38 Å². The van der Waals surface area contributed by atoms with Crippen LogP contribution in [0.4, 0.5) is 0 Å². The second kappa shape index (κ2) is 5.75. The quantitative estimate of drug-likeness (QED) is 0.877. The van der Waals surface area contributed by atoms with E-state index in [1.807, 2.05) is 7.05 Å². The summed E-state index contributed by atoms with van der Waals surface area (Å²) in [5.41, 5.74) is 1.18. The van der Waals surface area contributed by atoms with E-state index < -0.39 is 0 Å². The van der Waals surface area contributed by atoms with Crippen molar-refractivity contribution in [3.05, 3.63) is 16.1 Å². The van der Waals surface area contributed by atoms with Gasteiger partial charge in [0.1, 0.15) is 0 Å². The molecule has 0 amide bonds. The zero-order chi connectivity index (χ0) is 11.4. The molecule has 16 heavy (non-hydrogen) atoms. The molecule has 1 saturated heterocycles. The lowest BCUT2D eigenvalue weighted by atomic mass is 9.97. The average Bonchev–Trinajstić information content (AvgIpc) is 2.78. The van der Waals surface area contributed by atoms with Crippen LogP contribution in [0, 0.1) is 5.92 Å². The number of rotatable bonds is 4. The lowest BCUT2D eigenvalue weighted by molar-refractivity contribution is 0.0665. The van der Waals surface area contributed by atoms with Crippen LogP contribution in [0.1, 0.15) is 36.5 Å². The molecule has 1 atom stereocenters. The Morgan fingerprint density at radius 1 is 1.56 bits per heavy atom. The van der Waals surface area contributed by atoms with Gasteiger partial charge in [0.05, 0.1) is 10.7 Å². The first-order chi connectivity index (χ1) is 7.79. The minimum absolute atomic E-state index is 0.361. The van der Waals surface area contributed by atoms with E-state index in [0.717, 1.165) is 25.6 Å². The Kier molecular flexibility index (Phi) is 4.32. The molecule has 0 aromatic carbocycles. The first kappa shape index (κ1) is 12.0. The Labute approximate surface area is 101 Å². The minimum Gasteiger partial charge on any atom is -0.381 e. The summed E-state index contributed by atoms with van der Waals surface area (Å²) in [5.74, 6) is 0.776. The molecular formula is C12H20N2OS. The van der Waals surface area contributed by atoms with Crippen LogP contribution in [-0.2, 0) is 11.2 Å². The molecule has 0 aliphatic carbocycles. The lowest BCUT2D eigenvalue weighted by Crippen LogP contribution is -2.17. The molecule has 1 aromatic rings. The molecule has 0 radical (unpaired) electrons. The second-order valence-corrected chi connectivity index (χ2v) is 5.38. The molecule has 4 heteroatoms. The molecule has 1 aliphatic rings. The van der Waals surface area contributed by atoms with Crippen molar-refractivity contribution >= 4 is 11.3 Å². The number of hydrogen-bond donors (Lipinski definition) is 1. The monoisotopic (exact) mass is 240 g/mol. The normalized spacial score (nSPS) is 19.9. The first-order valence-electron chi connectivity index (χ1n) is 5.99. The molecule has 2 heterocycles. The summed E-state index contributed by atoms with van der Waals surface area (Å²) < 4.78 is 5.37. The maximum absolute atomic E-state index is 5.37. The van der Waals surface area contributed by atoms with Crippen LogP contribution in [0.3, 0.4) is 0 Å². The first-order valence-corrected chi connectivity index (χ1v) is 6.87. The van der Waals surface area contributed by atoms with Gasteiger partial charge in [-0.2, -0.15) is 0 Å². The zero-order valence-electron chi connectivity index (χ0n) is 10.0. The highest BCUT2D eigenvalue weighted by molar-refractivity contribution is 7.09. The number of hydrogen-bond acceptors (Lipinski definition) is 4. The van der Waals surface area contributed by atoms with Crippen molar-refractivity contribution in [1.82, 2.24) is 10.3 Å². The smallest absolute Gasteiger partial charge is 0.0931 e. The SMILES string of the molecule is CNC(C)c1csc(CC2CCOCC2)n1. The van der Waals surface area contributed by atoms with Crippen molar-refractivity contribution in [2.45, 2.75) is 32.2 Å². The van der Waals surface area contributed by atoms with Gasteiger partial charge in [-0.25, -0.2) is 4.98 Å². The fraction of sp³-hybridized carbons (Fsp3) is 0.750. The average molecular weight is 240 g/mol. The molecule has 1 fully saturated rings. The van der Waals surface area contributed by atoms with Crippen LogP contribution in [0.2, 0.25) is 0 Å². The van der Waals surface area contributed by atoms with E-state index in [1.54, 1.807) is 11.3 Å². The fourth-order valence-corrected chi connectivity index (χ4v) is 2.97. The van der Waals surface area contributed by atoms with Gasteiger partial charge in [0.15, 0.2) is 0 Å². The Morgan fingerprint density at radius 3 is 3.00 bits per heavy atom. The molecule has 1 aromatic heterocycles. The van der Waals surface area contributed by atoms with E-state index in [2.05, 4.69) is 17.6 Å². The molecule has 0 bridgehead atoms. The highest BCUT2D eigenvalue weighted by Gasteiger charge is 2.16. The predicted molar refractivity (Wildman–Crippen MR) is 66.8 cm³/mol. The third-order valence-corrected chi connectivity index (χ3v) is 4.14. The van der Waals surface area contributed by atoms with E-state index in [4.69, 9.17) is 9.72 Å². The van der Waals surface area contributed by atoms with Crippen molar-refractivity contribution in [3.63, 3.8) is 0 Å². The van der Waals surface area contributed by atoms with Gasteiger partial charge in [0.25, 0.3) is 0 Å². The minimum atomic E-state index is 0.361. The summed E-state index contributed by atoms with van der Waals surface area (Å²) in [6.07, 6.45) is 3.51. The van der Waals surface area contributed by atoms with Crippen molar-refractivity contribution in [2.75, 3.05) is 20.3 Å². The van der Waals surface area contributed by atoms with Crippen molar-refractivity contribution in [2.24, 2.45) is 5.92 Å². The summed E-state index contributed by atoms with van der Waals surface area (Å²) in [6.45, 7) is 4.00. The summed E-state index contributed by atoms with van der Waals surface area (Å²) >= 11 is 1.79. The van der Waals surface area contributed by atoms with Crippen LogP contribution in [-0.4, -0.2) is 25.2 Å². The highest BCUT2D eigenvalue weighted by atomic mass is 32.1. The van der Waals surface area contributed by atoms with Gasteiger partial charge in [-0.1, -0.05) is 0 Å². The van der Waals surface area contributed by atoms with Gasteiger partial charge >= 0.3 is 0 Å². The van der Waals surface area contributed by atoms with E-state index in [9.17, 15) is 0 Å². The maximum Gasteiger partial charge on any atom is 0.0931 e.